The molecule has 1 atom stereocenters. The maximum absolute atomic E-state index is 12.7. The molecule has 5 heteroatoms. The number of benzene rings is 1. The van der Waals surface area contributed by atoms with Gasteiger partial charge in [0, 0.05) is 10.8 Å². The fourth-order valence-electron chi connectivity index (χ4n) is 2.77. The highest BCUT2D eigenvalue weighted by atomic mass is 32.1. The van der Waals surface area contributed by atoms with Crippen LogP contribution in [-0.2, 0) is 9.53 Å². The maximum atomic E-state index is 12.7. The average Bonchev–Trinajstić information content (AvgIpc) is 3.07. The van der Waals surface area contributed by atoms with E-state index in [9.17, 15) is 9.59 Å². The van der Waals surface area contributed by atoms with Crippen LogP contribution < -0.4 is 5.32 Å². The van der Waals surface area contributed by atoms with E-state index in [0.717, 1.165) is 36.1 Å². The molecule has 1 aromatic carbocycles. The van der Waals surface area contributed by atoms with E-state index < -0.39 is 5.97 Å². The molecule has 0 saturated heterocycles. The van der Waals surface area contributed by atoms with E-state index in [4.69, 9.17) is 4.74 Å². The Morgan fingerprint density at radius 3 is 2.50 bits per heavy atom. The van der Waals surface area contributed by atoms with Crippen LogP contribution in [0.2, 0.25) is 0 Å². The van der Waals surface area contributed by atoms with Crippen molar-refractivity contribution in [3.63, 3.8) is 0 Å². The molecule has 4 nitrogen and oxygen atoms in total. The Kier molecular flexibility index (Phi) is 7.85. The smallest absolute Gasteiger partial charge is 0.341 e. The second-order valence-electron chi connectivity index (χ2n) is 6.18. The summed E-state index contributed by atoms with van der Waals surface area (Å²) in [6.45, 7) is 6.22. The first kappa shape index (κ1) is 20.2. The van der Waals surface area contributed by atoms with Gasteiger partial charge < -0.3 is 10.1 Å². The number of carbonyl (C=O) groups is 2. The molecule has 1 heterocycles. The molecule has 0 fully saturated rings. The van der Waals surface area contributed by atoms with Crippen molar-refractivity contribution in [2.45, 2.75) is 46.5 Å². The minimum atomic E-state index is -0.400. The minimum absolute atomic E-state index is 0.0204. The molecule has 0 aliphatic heterocycles. The summed E-state index contributed by atoms with van der Waals surface area (Å²) >= 11 is 1.41. The Morgan fingerprint density at radius 1 is 1.15 bits per heavy atom. The lowest BCUT2D eigenvalue weighted by Gasteiger charge is -2.14. The molecule has 0 bridgehead atoms. The van der Waals surface area contributed by atoms with Gasteiger partial charge in [-0.3, -0.25) is 4.79 Å². The van der Waals surface area contributed by atoms with Crippen molar-refractivity contribution >= 4 is 28.2 Å². The van der Waals surface area contributed by atoms with Crippen molar-refractivity contribution in [3.8, 4) is 10.4 Å². The molecular formula is C21H27NO3S. The van der Waals surface area contributed by atoms with Gasteiger partial charge in [-0.1, -0.05) is 57.0 Å². The van der Waals surface area contributed by atoms with Crippen LogP contribution >= 0.6 is 11.3 Å². The Bertz CT molecular complexity index is 724. The third kappa shape index (κ3) is 5.18. The van der Waals surface area contributed by atoms with Gasteiger partial charge in [0.15, 0.2) is 0 Å². The van der Waals surface area contributed by atoms with Crippen LogP contribution in [-0.4, -0.2) is 18.5 Å². The van der Waals surface area contributed by atoms with Gasteiger partial charge in [-0.25, -0.2) is 4.79 Å². The van der Waals surface area contributed by atoms with Crippen molar-refractivity contribution in [3.05, 3.63) is 42.0 Å². The van der Waals surface area contributed by atoms with Crippen molar-refractivity contribution in [1.29, 1.82) is 0 Å². The summed E-state index contributed by atoms with van der Waals surface area (Å²) in [5, 5.41) is 3.55. The van der Waals surface area contributed by atoms with Crippen LogP contribution in [0.5, 0.6) is 0 Å². The quantitative estimate of drug-likeness (QED) is 0.570. The van der Waals surface area contributed by atoms with Crippen molar-refractivity contribution in [2.75, 3.05) is 11.9 Å². The first-order valence-electron chi connectivity index (χ1n) is 9.27. The number of rotatable bonds is 9. The number of esters is 1. The first-order valence-corrected chi connectivity index (χ1v) is 10.1. The van der Waals surface area contributed by atoms with Crippen LogP contribution in [0.15, 0.2) is 36.4 Å². The number of carbonyl (C=O) groups excluding carboxylic acids is 2. The van der Waals surface area contributed by atoms with Gasteiger partial charge >= 0.3 is 5.97 Å². The lowest BCUT2D eigenvalue weighted by Crippen LogP contribution is -2.23. The number of unbranched alkanes of at least 4 members (excludes halogenated alkanes) is 1. The molecule has 1 aromatic heterocycles. The molecule has 1 unspecified atom stereocenters. The topological polar surface area (TPSA) is 55.4 Å². The molecule has 140 valence electrons. The van der Waals surface area contributed by atoms with Gasteiger partial charge in [0.2, 0.25) is 5.91 Å². The molecule has 26 heavy (non-hydrogen) atoms. The number of nitrogens with one attached hydrogen (secondary N) is 1. The van der Waals surface area contributed by atoms with E-state index >= 15 is 0 Å². The van der Waals surface area contributed by atoms with Crippen LogP contribution in [0.3, 0.4) is 0 Å². The summed E-state index contributed by atoms with van der Waals surface area (Å²) in [4.78, 5) is 25.9. The summed E-state index contributed by atoms with van der Waals surface area (Å²) in [6, 6.07) is 11.6. The van der Waals surface area contributed by atoms with E-state index in [2.05, 4.69) is 12.2 Å². The Morgan fingerprint density at radius 2 is 1.88 bits per heavy atom. The number of thiophene rings is 1. The summed E-state index contributed by atoms with van der Waals surface area (Å²) in [7, 11) is 0. The maximum Gasteiger partial charge on any atom is 0.341 e. The largest absolute Gasteiger partial charge is 0.462 e. The first-order chi connectivity index (χ1) is 12.6. The van der Waals surface area contributed by atoms with E-state index in [1.807, 2.05) is 37.3 Å². The van der Waals surface area contributed by atoms with Crippen molar-refractivity contribution in [2.24, 2.45) is 5.92 Å². The highest BCUT2D eigenvalue weighted by Gasteiger charge is 2.22. The van der Waals surface area contributed by atoms with Crippen LogP contribution in [0.25, 0.3) is 10.4 Å². The second-order valence-corrected chi connectivity index (χ2v) is 7.23. The van der Waals surface area contributed by atoms with E-state index in [1.165, 1.54) is 11.3 Å². The standard InChI is InChI=1S/C21H27NO3S/c1-4-7-11-15(5-2)19(23)22-20-17(21(24)25-6-3)14-18(26-20)16-12-9-8-10-13-16/h8-10,12-15H,4-7,11H2,1-3H3,(H,22,23). The van der Waals surface area contributed by atoms with E-state index in [-0.39, 0.29) is 11.8 Å². The summed E-state index contributed by atoms with van der Waals surface area (Å²) < 4.78 is 5.17. The molecular weight excluding hydrogens is 346 g/mol. The Labute approximate surface area is 159 Å². The lowest BCUT2D eigenvalue weighted by atomic mass is 9.98. The monoisotopic (exact) mass is 373 g/mol. The molecule has 0 aliphatic rings. The molecule has 1 amide bonds. The van der Waals surface area contributed by atoms with Crippen LogP contribution in [0, 0.1) is 5.92 Å². The van der Waals surface area contributed by atoms with Crippen molar-refractivity contribution in [1.82, 2.24) is 0 Å². The summed E-state index contributed by atoms with van der Waals surface area (Å²) in [6.07, 6.45) is 3.74. The summed E-state index contributed by atoms with van der Waals surface area (Å²) in [5.74, 6) is -0.455. The van der Waals surface area contributed by atoms with Gasteiger partial charge in [0.25, 0.3) is 0 Å². The van der Waals surface area contributed by atoms with Gasteiger partial charge in [0.1, 0.15) is 5.00 Å². The Balaban J connectivity index is 2.28. The zero-order valence-corrected chi connectivity index (χ0v) is 16.5. The summed E-state index contributed by atoms with van der Waals surface area (Å²) in [5.41, 5.74) is 1.44. The normalized spacial score (nSPS) is 11.8. The molecule has 2 aromatic rings. The van der Waals surface area contributed by atoms with E-state index in [1.54, 1.807) is 13.0 Å². The lowest BCUT2D eigenvalue weighted by molar-refractivity contribution is -0.120. The zero-order valence-electron chi connectivity index (χ0n) is 15.7. The number of amides is 1. The Hall–Kier alpha value is -2.14. The molecule has 0 spiro atoms. The van der Waals surface area contributed by atoms with E-state index in [0.29, 0.717) is 17.2 Å². The zero-order chi connectivity index (χ0) is 18.9. The molecule has 0 radical (unpaired) electrons. The fraction of sp³-hybridized carbons (Fsp3) is 0.429. The number of hydrogen-bond donors (Lipinski definition) is 1. The second kappa shape index (κ2) is 10.1. The molecule has 1 N–H and O–H groups in total. The van der Waals surface area contributed by atoms with Gasteiger partial charge in [-0.15, -0.1) is 11.3 Å². The molecule has 0 aliphatic carbocycles. The van der Waals surface area contributed by atoms with Gasteiger partial charge in [-0.05, 0) is 31.4 Å². The van der Waals surface area contributed by atoms with Gasteiger partial charge in [-0.2, -0.15) is 0 Å². The van der Waals surface area contributed by atoms with Gasteiger partial charge in [0.05, 0.1) is 12.2 Å². The number of ether oxygens (including phenoxy) is 1. The minimum Gasteiger partial charge on any atom is -0.462 e. The highest BCUT2D eigenvalue weighted by Crippen LogP contribution is 2.36. The molecule has 2 rings (SSSR count). The highest BCUT2D eigenvalue weighted by molar-refractivity contribution is 7.20. The third-order valence-electron chi connectivity index (χ3n) is 4.29. The molecule has 0 saturated carbocycles. The predicted octanol–water partition coefficient (Wildman–Crippen LogP) is 5.75. The van der Waals surface area contributed by atoms with Crippen LogP contribution in [0.4, 0.5) is 5.00 Å². The van der Waals surface area contributed by atoms with Crippen LogP contribution in [0.1, 0.15) is 56.8 Å². The number of anilines is 1. The van der Waals surface area contributed by atoms with Crippen molar-refractivity contribution < 1.29 is 14.3 Å². The predicted molar refractivity (Wildman–Crippen MR) is 108 cm³/mol. The number of hydrogen-bond acceptors (Lipinski definition) is 4. The average molecular weight is 374 g/mol. The fourth-order valence-corrected chi connectivity index (χ4v) is 3.83. The SMILES string of the molecule is CCCCC(CC)C(=O)Nc1sc(-c2ccccc2)cc1C(=O)OCC. The third-order valence-corrected chi connectivity index (χ3v) is 5.39.